The molecule has 0 amide bonds. The fraction of sp³-hybridized carbons (Fsp3) is 0.524. The Morgan fingerprint density at radius 1 is 1.15 bits per heavy atom. The molecule has 0 bridgehead atoms. The van der Waals surface area contributed by atoms with Crippen LogP contribution < -0.4 is 16.4 Å². The van der Waals surface area contributed by atoms with Crippen LogP contribution in [0.15, 0.2) is 42.7 Å². The Labute approximate surface area is 161 Å². The molecule has 146 valence electrons. The predicted molar refractivity (Wildman–Crippen MR) is 107 cm³/mol. The first-order valence-electron chi connectivity index (χ1n) is 9.99. The zero-order chi connectivity index (χ0) is 18.9. The molecule has 3 rings (SSSR count). The van der Waals surface area contributed by atoms with Crippen LogP contribution in [-0.4, -0.2) is 33.9 Å². The molecule has 0 fully saturated rings. The van der Waals surface area contributed by atoms with Gasteiger partial charge in [0.25, 0.3) is 0 Å². The molecule has 0 saturated heterocycles. The van der Waals surface area contributed by atoms with Gasteiger partial charge in [-0.1, -0.05) is 18.6 Å². The lowest BCUT2D eigenvalue weighted by Crippen LogP contribution is -2.49. The minimum Gasteiger partial charge on any atom is -0.377 e. The van der Waals surface area contributed by atoms with E-state index in [-0.39, 0.29) is 12.1 Å². The summed E-state index contributed by atoms with van der Waals surface area (Å²) < 4.78 is 0. The maximum absolute atomic E-state index is 10.8. The van der Waals surface area contributed by atoms with Crippen LogP contribution in [0, 0.1) is 0 Å². The Morgan fingerprint density at radius 3 is 2.85 bits per heavy atom. The molecular formula is C21H31N5O. The van der Waals surface area contributed by atoms with Crippen LogP contribution >= 0.6 is 0 Å². The highest BCUT2D eigenvalue weighted by molar-refractivity contribution is 5.25. The van der Waals surface area contributed by atoms with Crippen molar-refractivity contribution in [1.29, 1.82) is 0 Å². The molecule has 3 atom stereocenters. The van der Waals surface area contributed by atoms with Gasteiger partial charge in [0, 0.05) is 25.0 Å². The molecule has 6 heteroatoms. The number of aliphatic hydroxyl groups excluding tert-OH is 1. The second-order valence-electron chi connectivity index (χ2n) is 7.20. The summed E-state index contributed by atoms with van der Waals surface area (Å²) in [7, 11) is 0. The average Bonchev–Trinajstić information content (AvgIpc) is 2.72. The van der Waals surface area contributed by atoms with Gasteiger partial charge in [0.05, 0.1) is 17.4 Å². The summed E-state index contributed by atoms with van der Waals surface area (Å²) in [5, 5.41) is 17.7. The molecule has 0 aliphatic heterocycles. The third-order valence-corrected chi connectivity index (χ3v) is 5.18. The number of nitrogens with two attached hydrogens (primary N) is 1. The number of hydrogen-bond acceptors (Lipinski definition) is 6. The van der Waals surface area contributed by atoms with Crippen LogP contribution in [0.3, 0.4) is 0 Å². The molecule has 0 spiro atoms. The highest BCUT2D eigenvalue weighted by atomic mass is 16.3. The molecule has 1 aliphatic carbocycles. The summed E-state index contributed by atoms with van der Waals surface area (Å²) in [4.78, 5) is 8.92. The van der Waals surface area contributed by atoms with Crippen molar-refractivity contribution >= 4 is 0 Å². The molecule has 1 aliphatic rings. The van der Waals surface area contributed by atoms with Gasteiger partial charge in [-0.3, -0.25) is 15.3 Å². The van der Waals surface area contributed by atoms with E-state index in [0.29, 0.717) is 13.1 Å². The zero-order valence-corrected chi connectivity index (χ0v) is 15.8. The Bertz CT molecular complexity index is 681. The van der Waals surface area contributed by atoms with E-state index < -0.39 is 6.23 Å². The number of unbranched alkanes of at least 4 members (excludes halogenated alkanes) is 1. The molecule has 2 aromatic heterocycles. The van der Waals surface area contributed by atoms with Gasteiger partial charge < -0.3 is 16.2 Å². The van der Waals surface area contributed by atoms with Crippen LogP contribution in [0.5, 0.6) is 0 Å². The van der Waals surface area contributed by atoms with E-state index in [1.165, 1.54) is 5.56 Å². The normalized spacial score (nSPS) is 18.7. The minimum absolute atomic E-state index is 0.0572. The molecule has 0 aromatic carbocycles. The van der Waals surface area contributed by atoms with E-state index >= 15 is 0 Å². The molecular weight excluding hydrogens is 338 g/mol. The SMILES string of the molecule is NCCCC[C@H](NC1CCCc2cccnc21)C(O)NCc1ccccn1. The Balaban J connectivity index is 1.64. The number of hydrogen-bond donors (Lipinski definition) is 4. The summed E-state index contributed by atoms with van der Waals surface area (Å²) in [5.41, 5.74) is 9.02. The van der Waals surface area contributed by atoms with Gasteiger partial charge in [-0.15, -0.1) is 0 Å². The number of fused-ring (bicyclic) bond motifs is 1. The van der Waals surface area contributed by atoms with E-state index in [9.17, 15) is 5.11 Å². The van der Waals surface area contributed by atoms with E-state index in [1.807, 2.05) is 30.5 Å². The van der Waals surface area contributed by atoms with Crippen LogP contribution in [0.2, 0.25) is 0 Å². The Hall–Kier alpha value is -1.86. The molecule has 6 nitrogen and oxygen atoms in total. The van der Waals surface area contributed by atoms with Gasteiger partial charge in [0.15, 0.2) is 0 Å². The molecule has 27 heavy (non-hydrogen) atoms. The summed E-state index contributed by atoms with van der Waals surface area (Å²) in [6.07, 6.45) is 9.06. The topological polar surface area (TPSA) is 96.1 Å². The lowest BCUT2D eigenvalue weighted by molar-refractivity contribution is 0.0790. The van der Waals surface area contributed by atoms with Crippen molar-refractivity contribution in [2.24, 2.45) is 5.73 Å². The summed E-state index contributed by atoms with van der Waals surface area (Å²) in [6, 6.07) is 10.1. The monoisotopic (exact) mass is 369 g/mol. The van der Waals surface area contributed by atoms with Crippen LogP contribution in [0.25, 0.3) is 0 Å². The molecule has 0 radical (unpaired) electrons. The van der Waals surface area contributed by atoms with Gasteiger partial charge in [-0.2, -0.15) is 0 Å². The molecule has 5 N–H and O–H groups in total. The van der Waals surface area contributed by atoms with Gasteiger partial charge in [-0.25, -0.2) is 0 Å². The first-order chi connectivity index (χ1) is 13.3. The molecule has 2 aromatic rings. The number of aromatic nitrogens is 2. The van der Waals surface area contributed by atoms with Crippen molar-refractivity contribution in [2.75, 3.05) is 6.54 Å². The van der Waals surface area contributed by atoms with Crippen molar-refractivity contribution in [1.82, 2.24) is 20.6 Å². The highest BCUT2D eigenvalue weighted by Gasteiger charge is 2.27. The van der Waals surface area contributed by atoms with E-state index in [0.717, 1.165) is 49.9 Å². The number of nitrogens with zero attached hydrogens (tertiary/aromatic N) is 2. The maximum Gasteiger partial charge on any atom is 0.120 e. The lowest BCUT2D eigenvalue weighted by Gasteiger charge is -2.32. The average molecular weight is 370 g/mol. The zero-order valence-electron chi connectivity index (χ0n) is 15.8. The van der Waals surface area contributed by atoms with Crippen molar-refractivity contribution in [3.63, 3.8) is 0 Å². The number of aryl methyl sites for hydroxylation is 1. The summed E-state index contributed by atoms with van der Waals surface area (Å²) in [6.45, 7) is 1.22. The number of pyridine rings is 2. The van der Waals surface area contributed by atoms with Gasteiger partial charge in [0.2, 0.25) is 0 Å². The van der Waals surface area contributed by atoms with Crippen molar-refractivity contribution in [3.8, 4) is 0 Å². The van der Waals surface area contributed by atoms with E-state index in [1.54, 1.807) is 6.20 Å². The van der Waals surface area contributed by atoms with Crippen LogP contribution in [-0.2, 0) is 13.0 Å². The predicted octanol–water partition coefficient (Wildman–Crippen LogP) is 2.05. The molecule has 0 saturated carbocycles. The first kappa shape index (κ1) is 19.9. The Morgan fingerprint density at radius 2 is 2.04 bits per heavy atom. The lowest BCUT2D eigenvalue weighted by atomic mass is 9.91. The third kappa shape index (κ3) is 5.81. The second-order valence-corrected chi connectivity index (χ2v) is 7.20. The minimum atomic E-state index is -0.654. The fourth-order valence-corrected chi connectivity index (χ4v) is 3.73. The standard InChI is InChI=1S/C21H31N5O/c22-12-3-1-10-19(21(27)25-15-17-9-2-4-13-23-17)26-18-11-5-7-16-8-6-14-24-20(16)18/h2,4,6,8-9,13-14,18-19,21,25-27H,1,3,5,7,10-12,15,22H2/t18?,19-,21?/m0/s1. The van der Waals surface area contributed by atoms with Crippen molar-refractivity contribution in [3.05, 3.63) is 59.7 Å². The second kappa shape index (κ2) is 10.5. The van der Waals surface area contributed by atoms with E-state index in [4.69, 9.17) is 5.73 Å². The third-order valence-electron chi connectivity index (χ3n) is 5.18. The van der Waals surface area contributed by atoms with Crippen molar-refractivity contribution in [2.45, 2.75) is 63.4 Å². The van der Waals surface area contributed by atoms with Gasteiger partial charge in [0.1, 0.15) is 6.23 Å². The highest BCUT2D eigenvalue weighted by Crippen LogP contribution is 2.28. The summed E-state index contributed by atoms with van der Waals surface area (Å²) >= 11 is 0. The van der Waals surface area contributed by atoms with Crippen molar-refractivity contribution < 1.29 is 5.11 Å². The fourth-order valence-electron chi connectivity index (χ4n) is 3.73. The largest absolute Gasteiger partial charge is 0.377 e. The van der Waals surface area contributed by atoms with E-state index in [2.05, 4.69) is 26.7 Å². The van der Waals surface area contributed by atoms with Crippen LogP contribution in [0.1, 0.15) is 55.1 Å². The Kier molecular flexibility index (Phi) is 7.71. The molecule has 2 heterocycles. The maximum atomic E-state index is 10.8. The van der Waals surface area contributed by atoms with Crippen LogP contribution in [0.4, 0.5) is 0 Å². The molecule has 2 unspecified atom stereocenters. The first-order valence-corrected chi connectivity index (χ1v) is 9.99. The van der Waals surface area contributed by atoms with Gasteiger partial charge >= 0.3 is 0 Å². The summed E-state index contributed by atoms with van der Waals surface area (Å²) in [5.74, 6) is 0. The number of rotatable bonds is 10. The smallest absolute Gasteiger partial charge is 0.120 e. The number of aliphatic hydroxyl groups is 1. The number of nitrogens with one attached hydrogen (secondary N) is 2. The van der Waals surface area contributed by atoms with Gasteiger partial charge in [-0.05, 0) is 62.4 Å². The quantitative estimate of drug-likeness (QED) is 0.378.